The van der Waals surface area contributed by atoms with E-state index in [-0.39, 0.29) is 23.1 Å². The molecule has 0 bridgehead atoms. The minimum Gasteiger partial charge on any atom is -0.496 e. The van der Waals surface area contributed by atoms with Crippen LogP contribution in [0.3, 0.4) is 0 Å². The summed E-state index contributed by atoms with van der Waals surface area (Å²) in [6.45, 7) is -2.98. The van der Waals surface area contributed by atoms with Gasteiger partial charge in [-0.1, -0.05) is 18.2 Å². The Morgan fingerprint density at radius 2 is 1.78 bits per heavy atom. The summed E-state index contributed by atoms with van der Waals surface area (Å²) in [4.78, 5) is 16.3. The molecule has 0 unspecified atom stereocenters. The molecule has 0 aliphatic carbocycles. The van der Waals surface area contributed by atoms with Crippen molar-refractivity contribution in [3.05, 3.63) is 59.3 Å². The molecule has 2 aromatic carbocycles. The van der Waals surface area contributed by atoms with E-state index in [1.165, 1.54) is 32.4 Å². The van der Waals surface area contributed by atoms with Gasteiger partial charge in [0.1, 0.15) is 5.75 Å². The molecule has 1 heterocycles. The summed E-state index contributed by atoms with van der Waals surface area (Å²) in [5.74, 6) is -0.0953. The molecule has 0 fully saturated rings. The number of methoxy groups -OCH3 is 2. The molecule has 27 heavy (non-hydrogen) atoms. The van der Waals surface area contributed by atoms with E-state index in [0.717, 1.165) is 0 Å². The first-order valence-corrected chi connectivity index (χ1v) is 7.80. The third kappa shape index (κ3) is 4.05. The lowest BCUT2D eigenvalue weighted by Gasteiger charge is -2.10. The molecule has 0 aromatic heterocycles. The number of cyclic esters (lactones) is 1. The predicted octanol–water partition coefficient (Wildman–Crippen LogP) is 3.65. The number of halogens is 2. The quantitative estimate of drug-likeness (QED) is 0.570. The Balaban J connectivity index is 1.93. The topological polar surface area (TPSA) is 66.3 Å². The highest BCUT2D eigenvalue weighted by Crippen LogP contribution is 2.31. The number of aliphatic imine (C=N–C) groups is 1. The molecule has 6 nitrogen and oxygen atoms in total. The average Bonchev–Trinajstić information content (AvgIpc) is 3.02. The van der Waals surface area contributed by atoms with Gasteiger partial charge in [0.15, 0.2) is 17.2 Å². The molecule has 0 saturated heterocycles. The summed E-state index contributed by atoms with van der Waals surface area (Å²) in [5, 5.41) is 0. The van der Waals surface area contributed by atoms with Crippen LogP contribution in [-0.2, 0) is 9.53 Å². The number of para-hydroxylation sites is 1. The first-order chi connectivity index (χ1) is 13.0. The zero-order chi connectivity index (χ0) is 19.4. The maximum absolute atomic E-state index is 12.4. The fourth-order valence-corrected chi connectivity index (χ4v) is 2.46. The standard InChI is InChI=1S/C19H15F2NO5/c1-24-14-6-4-3-5-11(14)9-13-18(23)27-17(22-13)12-7-8-15(26-19(20)21)16(10-12)25-2/h3-10,19H,1-2H3/b13-9-. The molecule has 0 atom stereocenters. The van der Waals surface area contributed by atoms with Crippen molar-refractivity contribution in [1.82, 2.24) is 0 Å². The molecule has 0 spiro atoms. The van der Waals surface area contributed by atoms with E-state index in [0.29, 0.717) is 16.9 Å². The van der Waals surface area contributed by atoms with Crippen LogP contribution in [0.1, 0.15) is 11.1 Å². The fraction of sp³-hybridized carbons (Fsp3) is 0.158. The van der Waals surface area contributed by atoms with Gasteiger partial charge in [0.2, 0.25) is 5.90 Å². The van der Waals surface area contributed by atoms with Crippen LogP contribution in [0.5, 0.6) is 17.2 Å². The monoisotopic (exact) mass is 375 g/mol. The number of nitrogens with zero attached hydrogens (tertiary/aromatic N) is 1. The van der Waals surface area contributed by atoms with Crippen molar-refractivity contribution in [3.63, 3.8) is 0 Å². The zero-order valence-electron chi connectivity index (χ0n) is 14.4. The third-order valence-electron chi connectivity index (χ3n) is 3.68. The summed E-state index contributed by atoms with van der Waals surface area (Å²) in [7, 11) is 2.83. The van der Waals surface area contributed by atoms with Gasteiger partial charge in [0.25, 0.3) is 0 Å². The van der Waals surface area contributed by atoms with Gasteiger partial charge in [-0.05, 0) is 30.3 Å². The summed E-state index contributed by atoms with van der Waals surface area (Å²) in [6, 6.07) is 11.3. The van der Waals surface area contributed by atoms with Crippen LogP contribution >= 0.6 is 0 Å². The number of alkyl halides is 2. The molecule has 2 aromatic rings. The van der Waals surface area contributed by atoms with Crippen LogP contribution in [0.25, 0.3) is 6.08 Å². The van der Waals surface area contributed by atoms with Crippen molar-refractivity contribution < 1.29 is 32.5 Å². The number of hydrogen-bond donors (Lipinski definition) is 0. The number of benzene rings is 2. The smallest absolute Gasteiger partial charge is 0.387 e. The van der Waals surface area contributed by atoms with E-state index in [9.17, 15) is 13.6 Å². The Labute approximate surface area is 153 Å². The molecule has 0 amide bonds. The van der Waals surface area contributed by atoms with Gasteiger partial charge in [0, 0.05) is 11.1 Å². The van der Waals surface area contributed by atoms with Crippen molar-refractivity contribution in [2.24, 2.45) is 4.99 Å². The van der Waals surface area contributed by atoms with Gasteiger partial charge in [0.05, 0.1) is 14.2 Å². The highest BCUT2D eigenvalue weighted by atomic mass is 19.3. The Hall–Kier alpha value is -3.42. The van der Waals surface area contributed by atoms with E-state index in [1.807, 2.05) is 0 Å². The Morgan fingerprint density at radius 1 is 1.04 bits per heavy atom. The normalized spacial score (nSPS) is 14.9. The van der Waals surface area contributed by atoms with Crippen LogP contribution in [-0.4, -0.2) is 32.7 Å². The van der Waals surface area contributed by atoms with E-state index < -0.39 is 12.6 Å². The van der Waals surface area contributed by atoms with E-state index in [1.54, 1.807) is 30.3 Å². The van der Waals surface area contributed by atoms with Gasteiger partial charge >= 0.3 is 12.6 Å². The second-order valence-corrected chi connectivity index (χ2v) is 5.32. The second kappa shape index (κ2) is 7.86. The van der Waals surface area contributed by atoms with Gasteiger partial charge in [-0.3, -0.25) is 0 Å². The largest absolute Gasteiger partial charge is 0.496 e. The molecule has 3 rings (SSSR count). The van der Waals surface area contributed by atoms with Gasteiger partial charge < -0.3 is 18.9 Å². The van der Waals surface area contributed by atoms with Gasteiger partial charge in [-0.2, -0.15) is 8.78 Å². The van der Waals surface area contributed by atoms with Crippen LogP contribution < -0.4 is 14.2 Å². The molecule has 1 aliphatic rings. The summed E-state index contributed by atoms with van der Waals surface area (Å²) < 4.78 is 44.7. The minimum atomic E-state index is -2.98. The second-order valence-electron chi connectivity index (χ2n) is 5.32. The highest BCUT2D eigenvalue weighted by molar-refractivity contribution is 6.13. The number of esters is 1. The van der Waals surface area contributed by atoms with Crippen LogP contribution in [0.15, 0.2) is 53.2 Å². The lowest BCUT2D eigenvalue weighted by Crippen LogP contribution is -2.07. The summed E-state index contributed by atoms with van der Waals surface area (Å²) in [6.07, 6.45) is 1.54. The first kappa shape index (κ1) is 18.4. The maximum atomic E-state index is 12.4. The number of carbonyl (C=O) groups is 1. The van der Waals surface area contributed by atoms with Crippen LogP contribution in [0, 0.1) is 0 Å². The molecule has 0 saturated carbocycles. The number of rotatable bonds is 6. The van der Waals surface area contributed by atoms with Crippen molar-refractivity contribution in [2.75, 3.05) is 14.2 Å². The molecule has 0 N–H and O–H groups in total. The molecular weight excluding hydrogens is 360 g/mol. The van der Waals surface area contributed by atoms with Crippen molar-refractivity contribution in [3.8, 4) is 17.2 Å². The van der Waals surface area contributed by atoms with Crippen molar-refractivity contribution >= 4 is 17.9 Å². The average molecular weight is 375 g/mol. The van der Waals surface area contributed by atoms with E-state index in [4.69, 9.17) is 14.2 Å². The lowest BCUT2D eigenvalue weighted by atomic mass is 10.1. The highest BCUT2D eigenvalue weighted by Gasteiger charge is 2.25. The fourth-order valence-electron chi connectivity index (χ4n) is 2.46. The molecule has 140 valence electrons. The van der Waals surface area contributed by atoms with Crippen molar-refractivity contribution in [1.29, 1.82) is 0 Å². The summed E-state index contributed by atoms with van der Waals surface area (Å²) >= 11 is 0. The summed E-state index contributed by atoms with van der Waals surface area (Å²) in [5.41, 5.74) is 1.13. The number of hydrogen-bond acceptors (Lipinski definition) is 6. The Morgan fingerprint density at radius 3 is 2.48 bits per heavy atom. The predicted molar refractivity (Wildman–Crippen MR) is 93.2 cm³/mol. The molecule has 8 heteroatoms. The van der Waals surface area contributed by atoms with E-state index >= 15 is 0 Å². The Bertz CT molecular complexity index is 924. The zero-order valence-corrected chi connectivity index (χ0v) is 14.4. The van der Waals surface area contributed by atoms with Crippen LogP contribution in [0.4, 0.5) is 8.78 Å². The molecular formula is C19H15F2NO5. The van der Waals surface area contributed by atoms with E-state index in [2.05, 4.69) is 9.73 Å². The minimum absolute atomic E-state index is 0.0306. The van der Waals surface area contributed by atoms with Crippen LogP contribution in [0.2, 0.25) is 0 Å². The van der Waals surface area contributed by atoms with Crippen molar-refractivity contribution in [2.45, 2.75) is 6.61 Å². The third-order valence-corrected chi connectivity index (χ3v) is 3.68. The lowest BCUT2D eigenvalue weighted by molar-refractivity contribution is -0.129. The number of carbonyl (C=O) groups excluding carboxylic acids is 1. The van der Waals surface area contributed by atoms with Gasteiger partial charge in [-0.15, -0.1) is 0 Å². The number of ether oxygens (including phenoxy) is 4. The molecule has 1 aliphatic heterocycles. The Kier molecular flexibility index (Phi) is 5.35. The maximum Gasteiger partial charge on any atom is 0.387 e. The first-order valence-electron chi connectivity index (χ1n) is 7.80. The van der Waals surface area contributed by atoms with Gasteiger partial charge in [-0.25, -0.2) is 9.79 Å². The molecule has 0 radical (unpaired) electrons. The SMILES string of the molecule is COc1ccccc1/C=C1\N=C(c2ccc(OC(F)F)c(OC)c2)OC1=O.